The number of hydrogen-bond donors (Lipinski definition) is 0. The van der Waals surface area contributed by atoms with Gasteiger partial charge in [-0.05, 0) is 49.1 Å². The molecule has 1 aromatic rings. The monoisotopic (exact) mass is 269 g/mol. The number of rotatable bonds is 3. The summed E-state index contributed by atoms with van der Waals surface area (Å²) in [6, 6.07) is 5.29. The molecule has 0 saturated heterocycles. The van der Waals surface area contributed by atoms with Crippen LogP contribution in [0, 0.1) is 29.1 Å². The van der Waals surface area contributed by atoms with Crippen LogP contribution in [-0.2, 0) is 0 Å². The topological polar surface area (TPSA) is 57.0 Å². The number of nitriles is 1. The molecule has 4 nitrogen and oxygen atoms in total. The van der Waals surface area contributed by atoms with Gasteiger partial charge in [0.25, 0.3) is 5.91 Å². The summed E-state index contributed by atoms with van der Waals surface area (Å²) in [6.07, 6.45) is 6.83. The first kappa shape index (κ1) is 13.1. The van der Waals surface area contributed by atoms with Gasteiger partial charge in [0.1, 0.15) is 11.8 Å². The lowest BCUT2D eigenvalue weighted by molar-refractivity contribution is 0.0748. The smallest absolute Gasteiger partial charge is 0.272 e. The molecule has 3 unspecified atom stereocenters. The van der Waals surface area contributed by atoms with Crippen LogP contribution in [0.2, 0.25) is 0 Å². The summed E-state index contributed by atoms with van der Waals surface area (Å²) in [7, 11) is 1.86. The van der Waals surface area contributed by atoms with Crippen molar-refractivity contribution in [1.29, 1.82) is 5.26 Å². The zero-order valence-corrected chi connectivity index (χ0v) is 11.7. The lowest BCUT2D eigenvalue weighted by Crippen LogP contribution is -2.34. The summed E-state index contributed by atoms with van der Waals surface area (Å²) in [5, 5.41) is 8.74. The molecule has 2 aliphatic rings. The first-order valence-corrected chi connectivity index (χ1v) is 7.29. The molecule has 3 rings (SSSR count). The molecular formula is C16H19N3O. The van der Waals surface area contributed by atoms with Gasteiger partial charge in [0.05, 0.1) is 5.56 Å². The highest BCUT2D eigenvalue weighted by Gasteiger charge is 2.40. The Morgan fingerprint density at radius 1 is 1.45 bits per heavy atom. The fraction of sp³-hybridized carbons (Fsp3) is 0.562. The standard InChI is InChI=1S/C16H19N3O/c1-19(10-14-7-11-2-4-13(14)6-11)16(20)15-5-3-12(8-17)9-18-15/h3,5,9,11,13-14H,2,4,6-7,10H2,1H3. The molecule has 1 aromatic heterocycles. The van der Waals surface area contributed by atoms with Crippen molar-refractivity contribution in [2.45, 2.75) is 25.7 Å². The van der Waals surface area contributed by atoms with E-state index in [1.807, 2.05) is 13.1 Å². The van der Waals surface area contributed by atoms with E-state index in [0.717, 1.165) is 18.4 Å². The van der Waals surface area contributed by atoms with Crippen LogP contribution in [0.3, 0.4) is 0 Å². The number of carbonyl (C=O) groups excluding carboxylic acids is 1. The number of pyridine rings is 1. The summed E-state index contributed by atoms with van der Waals surface area (Å²) in [5.41, 5.74) is 0.909. The fourth-order valence-corrected chi connectivity index (χ4v) is 3.82. The van der Waals surface area contributed by atoms with Crippen molar-refractivity contribution in [3.8, 4) is 6.07 Å². The van der Waals surface area contributed by atoms with E-state index < -0.39 is 0 Å². The van der Waals surface area contributed by atoms with Gasteiger partial charge in [-0.15, -0.1) is 0 Å². The molecule has 2 aliphatic carbocycles. The van der Waals surface area contributed by atoms with Crippen molar-refractivity contribution >= 4 is 5.91 Å². The summed E-state index contributed by atoms with van der Waals surface area (Å²) in [4.78, 5) is 18.2. The van der Waals surface area contributed by atoms with Crippen LogP contribution in [0.5, 0.6) is 0 Å². The van der Waals surface area contributed by atoms with Gasteiger partial charge < -0.3 is 4.90 Å². The molecule has 0 spiro atoms. The highest BCUT2D eigenvalue weighted by molar-refractivity contribution is 5.92. The number of amides is 1. The van der Waals surface area contributed by atoms with Crippen molar-refractivity contribution in [1.82, 2.24) is 9.88 Å². The second-order valence-electron chi connectivity index (χ2n) is 6.16. The molecule has 104 valence electrons. The third-order valence-electron chi connectivity index (χ3n) is 4.85. The minimum absolute atomic E-state index is 0.0442. The Morgan fingerprint density at radius 2 is 2.30 bits per heavy atom. The Bertz CT molecular complexity index is 546. The van der Waals surface area contributed by atoms with E-state index in [0.29, 0.717) is 17.2 Å². The van der Waals surface area contributed by atoms with Gasteiger partial charge in [0.15, 0.2) is 0 Å². The minimum atomic E-state index is -0.0442. The molecule has 0 aromatic carbocycles. The van der Waals surface area contributed by atoms with Crippen LogP contribution in [0.4, 0.5) is 0 Å². The molecule has 3 atom stereocenters. The highest BCUT2D eigenvalue weighted by Crippen LogP contribution is 2.48. The normalized spacial score (nSPS) is 27.3. The van der Waals surface area contributed by atoms with E-state index in [-0.39, 0.29) is 5.91 Å². The number of aromatic nitrogens is 1. The minimum Gasteiger partial charge on any atom is -0.340 e. The first-order chi connectivity index (χ1) is 9.67. The SMILES string of the molecule is CN(CC1CC2CCC1C2)C(=O)c1ccc(C#N)cn1. The maximum absolute atomic E-state index is 12.3. The first-order valence-electron chi connectivity index (χ1n) is 7.29. The van der Waals surface area contributed by atoms with Crippen molar-refractivity contribution < 1.29 is 4.79 Å². The quantitative estimate of drug-likeness (QED) is 0.847. The summed E-state index contributed by atoms with van der Waals surface area (Å²) in [6.45, 7) is 0.835. The molecule has 0 N–H and O–H groups in total. The van der Waals surface area contributed by atoms with Gasteiger partial charge in [-0.25, -0.2) is 4.98 Å². The number of hydrogen-bond acceptors (Lipinski definition) is 3. The van der Waals surface area contributed by atoms with Crippen LogP contribution in [-0.4, -0.2) is 29.4 Å². The Morgan fingerprint density at radius 3 is 2.85 bits per heavy atom. The van der Waals surface area contributed by atoms with E-state index in [9.17, 15) is 4.79 Å². The number of carbonyl (C=O) groups is 1. The predicted molar refractivity (Wildman–Crippen MR) is 74.9 cm³/mol. The number of nitrogens with zero attached hydrogens (tertiary/aromatic N) is 3. The molecule has 2 fully saturated rings. The molecule has 1 amide bonds. The van der Waals surface area contributed by atoms with Crippen LogP contribution < -0.4 is 0 Å². The van der Waals surface area contributed by atoms with Gasteiger partial charge in [0.2, 0.25) is 0 Å². The van der Waals surface area contributed by atoms with Crippen LogP contribution in [0.25, 0.3) is 0 Å². The Kier molecular flexibility index (Phi) is 3.43. The third-order valence-corrected chi connectivity index (χ3v) is 4.85. The van der Waals surface area contributed by atoms with E-state index >= 15 is 0 Å². The van der Waals surface area contributed by atoms with Crippen LogP contribution in [0.1, 0.15) is 41.7 Å². The van der Waals surface area contributed by atoms with E-state index in [4.69, 9.17) is 5.26 Å². The summed E-state index contributed by atoms with van der Waals surface area (Å²) in [5.74, 6) is 2.35. The summed E-state index contributed by atoms with van der Waals surface area (Å²) < 4.78 is 0. The predicted octanol–water partition coefficient (Wildman–Crippen LogP) is 2.46. The second-order valence-corrected chi connectivity index (χ2v) is 6.16. The van der Waals surface area contributed by atoms with E-state index in [1.54, 1.807) is 17.0 Å². The van der Waals surface area contributed by atoms with Crippen molar-refractivity contribution in [2.75, 3.05) is 13.6 Å². The Balaban J connectivity index is 1.63. The molecule has 2 bridgehead atoms. The Labute approximate surface area is 119 Å². The Hall–Kier alpha value is -1.89. The van der Waals surface area contributed by atoms with Crippen molar-refractivity contribution in [3.63, 3.8) is 0 Å². The second kappa shape index (κ2) is 5.24. The van der Waals surface area contributed by atoms with Gasteiger partial charge in [-0.1, -0.05) is 6.42 Å². The zero-order chi connectivity index (χ0) is 14.1. The molecule has 0 radical (unpaired) electrons. The maximum Gasteiger partial charge on any atom is 0.272 e. The maximum atomic E-state index is 12.3. The fourth-order valence-electron chi connectivity index (χ4n) is 3.82. The van der Waals surface area contributed by atoms with Crippen LogP contribution >= 0.6 is 0 Å². The third kappa shape index (κ3) is 2.40. The largest absolute Gasteiger partial charge is 0.340 e. The molecule has 4 heteroatoms. The summed E-state index contributed by atoms with van der Waals surface area (Å²) >= 11 is 0. The molecule has 0 aliphatic heterocycles. The van der Waals surface area contributed by atoms with Crippen LogP contribution in [0.15, 0.2) is 18.3 Å². The molecular weight excluding hydrogens is 250 g/mol. The molecule has 1 heterocycles. The van der Waals surface area contributed by atoms with Crippen molar-refractivity contribution in [2.24, 2.45) is 17.8 Å². The average molecular weight is 269 g/mol. The number of fused-ring (bicyclic) bond motifs is 2. The van der Waals surface area contributed by atoms with Crippen molar-refractivity contribution in [3.05, 3.63) is 29.6 Å². The highest BCUT2D eigenvalue weighted by atomic mass is 16.2. The lowest BCUT2D eigenvalue weighted by Gasteiger charge is -2.27. The zero-order valence-electron chi connectivity index (χ0n) is 11.7. The molecule has 20 heavy (non-hydrogen) atoms. The van der Waals surface area contributed by atoms with Gasteiger partial charge in [-0.3, -0.25) is 4.79 Å². The van der Waals surface area contributed by atoms with Gasteiger partial charge >= 0.3 is 0 Å². The lowest BCUT2D eigenvalue weighted by atomic mass is 9.88. The molecule has 2 saturated carbocycles. The van der Waals surface area contributed by atoms with Gasteiger partial charge in [0, 0.05) is 19.8 Å². The van der Waals surface area contributed by atoms with E-state index in [2.05, 4.69) is 4.98 Å². The average Bonchev–Trinajstić information content (AvgIpc) is 3.09. The van der Waals surface area contributed by atoms with E-state index in [1.165, 1.54) is 31.9 Å². The van der Waals surface area contributed by atoms with Gasteiger partial charge in [-0.2, -0.15) is 5.26 Å².